The minimum absolute atomic E-state index is 0. The molecule has 0 heterocycles. The van der Waals surface area contributed by atoms with E-state index < -0.39 is 20.6 Å². The monoisotopic (exact) mass is 277 g/mol. The fourth-order valence-corrected chi connectivity index (χ4v) is 1.96. The molecule has 0 aliphatic carbocycles. The van der Waals surface area contributed by atoms with Gasteiger partial charge in [0.1, 0.15) is 4.91 Å². The van der Waals surface area contributed by atoms with Crippen LogP contribution in [0.5, 0.6) is 0 Å². The molecule has 0 aliphatic rings. The van der Waals surface area contributed by atoms with Gasteiger partial charge in [0.2, 0.25) is 0 Å². The SMILES string of the molecule is C=C(C(N)=O)S(=O)(=O)CCCCC.Cl.Cl. The van der Waals surface area contributed by atoms with E-state index in [1.54, 1.807) is 0 Å². The molecule has 0 saturated carbocycles. The summed E-state index contributed by atoms with van der Waals surface area (Å²) in [4.78, 5) is 10.0. The van der Waals surface area contributed by atoms with Crippen molar-refractivity contribution >= 4 is 40.6 Å². The highest BCUT2D eigenvalue weighted by atomic mass is 35.5. The Kier molecular flexibility index (Phi) is 12.1. The van der Waals surface area contributed by atoms with Crippen molar-refractivity contribution in [3.05, 3.63) is 11.5 Å². The van der Waals surface area contributed by atoms with Gasteiger partial charge in [-0.25, -0.2) is 8.42 Å². The number of rotatable bonds is 6. The van der Waals surface area contributed by atoms with Gasteiger partial charge in [0.05, 0.1) is 5.75 Å². The van der Waals surface area contributed by atoms with Gasteiger partial charge in [0.25, 0.3) is 5.91 Å². The van der Waals surface area contributed by atoms with Gasteiger partial charge in [-0.05, 0) is 6.42 Å². The predicted molar refractivity (Wildman–Crippen MR) is 66.1 cm³/mol. The fraction of sp³-hybridized carbons (Fsp3) is 0.625. The maximum atomic E-state index is 11.2. The zero-order chi connectivity index (χ0) is 10.5. The lowest BCUT2D eigenvalue weighted by molar-refractivity contribution is -0.113. The zero-order valence-electron chi connectivity index (χ0n) is 8.56. The number of carbonyl (C=O) groups excluding carboxylic acids is 1. The minimum atomic E-state index is -3.50. The van der Waals surface area contributed by atoms with Crippen molar-refractivity contribution in [2.24, 2.45) is 5.73 Å². The van der Waals surface area contributed by atoms with Crippen LogP contribution in [0, 0.1) is 0 Å². The summed E-state index contributed by atoms with van der Waals surface area (Å²) in [5, 5.41) is 0. The summed E-state index contributed by atoms with van der Waals surface area (Å²) in [6.45, 7) is 5.11. The van der Waals surface area contributed by atoms with Gasteiger partial charge >= 0.3 is 0 Å². The molecule has 0 aliphatic heterocycles. The number of hydrogen-bond donors (Lipinski definition) is 1. The molecule has 0 atom stereocenters. The number of unbranched alkanes of at least 4 members (excludes halogenated alkanes) is 2. The van der Waals surface area contributed by atoms with Crippen molar-refractivity contribution in [2.45, 2.75) is 26.2 Å². The van der Waals surface area contributed by atoms with Crippen LogP contribution in [0.15, 0.2) is 11.5 Å². The fourth-order valence-electron chi connectivity index (χ4n) is 0.819. The lowest BCUT2D eigenvalue weighted by atomic mass is 10.3. The first-order chi connectivity index (χ1) is 5.91. The topological polar surface area (TPSA) is 77.2 Å². The third-order valence-electron chi connectivity index (χ3n) is 1.67. The van der Waals surface area contributed by atoms with Gasteiger partial charge in [0, 0.05) is 0 Å². The minimum Gasteiger partial charge on any atom is -0.365 e. The molecule has 0 unspecified atom stereocenters. The molecule has 0 bridgehead atoms. The van der Waals surface area contributed by atoms with Crippen LogP contribution in [-0.2, 0) is 14.6 Å². The average Bonchev–Trinajstić information content (AvgIpc) is 2.03. The first-order valence-electron chi connectivity index (χ1n) is 4.13. The van der Waals surface area contributed by atoms with Crippen molar-refractivity contribution in [3.63, 3.8) is 0 Å². The van der Waals surface area contributed by atoms with Crippen molar-refractivity contribution in [3.8, 4) is 0 Å². The molecule has 0 fully saturated rings. The van der Waals surface area contributed by atoms with Gasteiger partial charge in [-0.1, -0.05) is 26.3 Å². The van der Waals surface area contributed by atoms with Crippen molar-refractivity contribution in [1.29, 1.82) is 0 Å². The van der Waals surface area contributed by atoms with Crippen molar-refractivity contribution < 1.29 is 13.2 Å². The number of carbonyl (C=O) groups is 1. The molecule has 7 heteroatoms. The van der Waals surface area contributed by atoms with Gasteiger partial charge < -0.3 is 5.73 Å². The van der Waals surface area contributed by atoms with Crippen LogP contribution < -0.4 is 5.73 Å². The smallest absolute Gasteiger partial charge is 0.259 e. The van der Waals surface area contributed by atoms with Crippen LogP contribution in [-0.4, -0.2) is 20.1 Å². The highest BCUT2D eigenvalue weighted by molar-refractivity contribution is 7.96. The highest BCUT2D eigenvalue weighted by Gasteiger charge is 2.19. The number of amides is 1. The zero-order valence-corrected chi connectivity index (χ0v) is 11.0. The first kappa shape index (κ1) is 20.2. The third kappa shape index (κ3) is 7.64. The number of hydrogen-bond acceptors (Lipinski definition) is 3. The number of nitrogens with two attached hydrogens (primary N) is 1. The lowest BCUT2D eigenvalue weighted by Gasteiger charge is -2.02. The van der Waals surface area contributed by atoms with Crippen LogP contribution in [0.25, 0.3) is 0 Å². The Hall–Kier alpha value is -0.260. The lowest BCUT2D eigenvalue weighted by Crippen LogP contribution is -2.22. The summed E-state index contributed by atoms with van der Waals surface area (Å²) >= 11 is 0. The second-order valence-corrected chi connectivity index (χ2v) is 4.94. The second-order valence-electron chi connectivity index (χ2n) is 2.81. The largest absolute Gasteiger partial charge is 0.365 e. The molecule has 0 radical (unpaired) electrons. The van der Waals surface area contributed by atoms with Crippen molar-refractivity contribution in [2.75, 3.05) is 5.75 Å². The normalized spacial score (nSPS) is 9.67. The molecule has 92 valence electrons. The van der Waals surface area contributed by atoms with E-state index in [1.165, 1.54) is 0 Å². The maximum absolute atomic E-state index is 11.2. The Morgan fingerprint density at radius 3 is 2.07 bits per heavy atom. The molecular formula is C8H17Cl2NO3S. The van der Waals surface area contributed by atoms with E-state index >= 15 is 0 Å². The standard InChI is InChI=1S/C8H15NO3S.2ClH/c1-3-4-5-6-13(11,12)7(2)8(9)10;;/h2-6H2,1H3,(H2,9,10);2*1H. The molecular weight excluding hydrogens is 261 g/mol. The Bertz CT molecular complexity index is 301. The predicted octanol–water partition coefficient (Wildman–Crippen LogP) is 1.43. The van der Waals surface area contributed by atoms with E-state index in [-0.39, 0.29) is 30.6 Å². The number of primary amides is 1. The van der Waals surface area contributed by atoms with Crippen LogP contribution in [0.4, 0.5) is 0 Å². The molecule has 1 amide bonds. The summed E-state index contributed by atoms with van der Waals surface area (Å²) in [6, 6.07) is 0. The Morgan fingerprint density at radius 1 is 1.27 bits per heavy atom. The number of sulfone groups is 1. The Balaban J connectivity index is -0.000000720. The molecule has 0 spiro atoms. The maximum Gasteiger partial charge on any atom is 0.259 e. The molecule has 0 rings (SSSR count). The summed E-state index contributed by atoms with van der Waals surface area (Å²) in [7, 11) is -3.50. The van der Waals surface area contributed by atoms with Gasteiger partial charge in [-0.15, -0.1) is 24.8 Å². The molecule has 15 heavy (non-hydrogen) atoms. The van der Waals surface area contributed by atoms with E-state index in [4.69, 9.17) is 5.73 Å². The summed E-state index contributed by atoms with van der Waals surface area (Å²) in [5.74, 6) is -1.00. The molecule has 0 aromatic heterocycles. The molecule has 4 nitrogen and oxygen atoms in total. The second kappa shape index (κ2) is 9.00. The van der Waals surface area contributed by atoms with E-state index in [0.717, 1.165) is 12.8 Å². The summed E-state index contributed by atoms with van der Waals surface area (Å²) in [5.41, 5.74) is 4.81. The first-order valence-corrected chi connectivity index (χ1v) is 5.78. The molecule has 0 aromatic rings. The van der Waals surface area contributed by atoms with E-state index in [1.807, 2.05) is 6.92 Å². The van der Waals surface area contributed by atoms with Gasteiger partial charge in [0.15, 0.2) is 9.84 Å². The van der Waals surface area contributed by atoms with Crippen LogP contribution in [0.3, 0.4) is 0 Å². The summed E-state index contributed by atoms with van der Waals surface area (Å²) in [6.07, 6.45) is 2.30. The van der Waals surface area contributed by atoms with E-state index in [2.05, 4.69) is 6.58 Å². The van der Waals surface area contributed by atoms with Crippen LogP contribution in [0.2, 0.25) is 0 Å². The Labute approximate surface area is 103 Å². The Morgan fingerprint density at radius 2 is 1.73 bits per heavy atom. The van der Waals surface area contributed by atoms with Crippen LogP contribution >= 0.6 is 24.8 Å². The van der Waals surface area contributed by atoms with E-state index in [0.29, 0.717) is 6.42 Å². The molecule has 0 saturated heterocycles. The van der Waals surface area contributed by atoms with E-state index in [9.17, 15) is 13.2 Å². The number of halogens is 2. The molecule has 2 N–H and O–H groups in total. The van der Waals surface area contributed by atoms with Gasteiger partial charge in [-0.2, -0.15) is 0 Å². The summed E-state index contributed by atoms with van der Waals surface area (Å²) < 4.78 is 22.5. The highest BCUT2D eigenvalue weighted by Crippen LogP contribution is 2.07. The van der Waals surface area contributed by atoms with Gasteiger partial charge in [-0.3, -0.25) is 4.79 Å². The third-order valence-corrected chi connectivity index (χ3v) is 3.45. The average molecular weight is 278 g/mol. The van der Waals surface area contributed by atoms with Crippen molar-refractivity contribution in [1.82, 2.24) is 0 Å². The van der Waals surface area contributed by atoms with Crippen LogP contribution in [0.1, 0.15) is 26.2 Å². The molecule has 0 aromatic carbocycles. The quantitative estimate of drug-likeness (QED) is 0.590.